The number of hydrogen-bond acceptors (Lipinski definition) is 5. The molecule has 2 N–H and O–H groups in total. The van der Waals surface area contributed by atoms with Crippen molar-refractivity contribution in [1.82, 2.24) is 25.1 Å². The van der Waals surface area contributed by atoms with Crippen LogP contribution in [0.25, 0.3) is 0 Å². The van der Waals surface area contributed by atoms with Crippen molar-refractivity contribution in [2.45, 2.75) is 58.7 Å². The van der Waals surface area contributed by atoms with Gasteiger partial charge in [0, 0.05) is 19.1 Å². The molecule has 6 heteroatoms. The molecule has 2 atom stereocenters. The summed E-state index contributed by atoms with van der Waals surface area (Å²) < 4.78 is 1.94. The fourth-order valence-corrected chi connectivity index (χ4v) is 2.91. The van der Waals surface area contributed by atoms with E-state index in [0.29, 0.717) is 12.0 Å². The largest absolute Gasteiger partial charge is 0.329 e. The summed E-state index contributed by atoms with van der Waals surface area (Å²) in [5.41, 5.74) is 5.93. The van der Waals surface area contributed by atoms with Crippen LogP contribution in [0, 0.1) is 5.92 Å². The van der Waals surface area contributed by atoms with Crippen LogP contribution in [0.5, 0.6) is 0 Å². The summed E-state index contributed by atoms with van der Waals surface area (Å²) in [5.74, 6) is 1.64. The molecule has 19 heavy (non-hydrogen) atoms. The molecule has 6 nitrogen and oxygen atoms in total. The molecule has 1 aromatic heterocycles. The highest BCUT2D eigenvalue weighted by molar-refractivity contribution is 4.88. The fraction of sp³-hybridized carbons (Fsp3) is 0.923. The van der Waals surface area contributed by atoms with Gasteiger partial charge in [-0.15, -0.1) is 5.10 Å². The standard InChI is InChI=1S/C13H26N6/c1-3-4-8-19-13(15-16-17-19)10-18-7-5-6-11(2)12(18)9-14/h11-12H,3-10,14H2,1-2H3. The zero-order valence-corrected chi connectivity index (χ0v) is 12.1. The molecule has 2 rings (SSSR count). The highest BCUT2D eigenvalue weighted by atomic mass is 15.5. The van der Waals surface area contributed by atoms with Crippen molar-refractivity contribution in [2.75, 3.05) is 13.1 Å². The first-order chi connectivity index (χ1) is 9.26. The van der Waals surface area contributed by atoms with Crippen LogP contribution in [0.4, 0.5) is 0 Å². The molecule has 2 unspecified atom stereocenters. The highest BCUT2D eigenvalue weighted by Gasteiger charge is 2.28. The molecule has 2 heterocycles. The van der Waals surface area contributed by atoms with Gasteiger partial charge in [0.05, 0.1) is 6.54 Å². The van der Waals surface area contributed by atoms with E-state index in [1.54, 1.807) is 0 Å². The maximum absolute atomic E-state index is 5.93. The van der Waals surface area contributed by atoms with Gasteiger partial charge in [-0.25, -0.2) is 4.68 Å². The van der Waals surface area contributed by atoms with Crippen molar-refractivity contribution >= 4 is 0 Å². The van der Waals surface area contributed by atoms with Crippen molar-refractivity contribution < 1.29 is 0 Å². The molecule has 0 amide bonds. The van der Waals surface area contributed by atoms with Gasteiger partial charge in [-0.1, -0.05) is 20.3 Å². The van der Waals surface area contributed by atoms with Crippen LogP contribution in [0.15, 0.2) is 0 Å². The minimum absolute atomic E-state index is 0.463. The Kier molecular flexibility index (Phi) is 5.27. The number of nitrogens with two attached hydrogens (primary N) is 1. The molecule has 0 radical (unpaired) electrons. The summed E-state index contributed by atoms with van der Waals surface area (Å²) in [6.07, 6.45) is 4.80. The van der Waals surface area contributed by atoms with Gasteiger partial charge in [0.2, 0.25) is 0 Å². The van der Waals surface area contributed by atoms with Crippen molar-refractivity contribution in [3.63, 3.8) is 0 Å². The van der Waals surface area contributed by atoms with Gasteiger partial charge in [0.1, 0.15) is 0 Å². The predicted molar refractivity (Wildman–Crippen MR) is 74.4 cm³/mol. The van der Waals surface area contributed by atoms with E-state index >= 15 is 0 Å². The van der Waals surface area contributed by atoms with E-state index in [1.165, 1.54) is 12.8 Å². The first-order valence-corrected chi connectivity index (χ1v) is 7.45. The van der Waals surface area contributed by atoms with E-state index < -0.39 is 0 Å². The fourth-order valence-electron chi connectivity index (χ4n) is 2.91. The van der Waals surface area contributed by atoms with Crippen molar-refractivity contribution in [3.05, 3.63) is 5.82 Å². The second-order valence-electron chi connectivity index (χ2n) is 5.56. The lowest BCUT2D eigenvalue weighted by Gasteiger charge is -2.39. The highest BCUT2D eigenvalue weighted by Crippen LogP contribution is 2.23. The Bertz CT molecular complexity index is 377. The Morgan fingerprint density at radius 1 is 1.42 bits per heavy atom. The Hall–Kier alpha value is -1.01. The van der Waals surface area contributed by atoms with Gasteiger partial charge < -0.3 is 5.73 Å². The average molecular weight is 266 g/mol. The molecular weight excluding hydrogens is 240 g/mol. The molecule has 1 saturated heterocycles. The number of nitrogens with zero attached hydrogens (tertiary/aromatic N) is 5. The molecule has 1 fully saturated rings. The Morgan fingerprint density at radius 3 is 3.00 bits per heavy atom. The molecule has 1 aliphatic heterocycles. The van der Waals surface area contributed by atoms with E-state index in [9.17, 15) is 0 Å². The quantitative estimate of drug-likeness (QED) is 0.832. The van der Waals surface area contributed by atoms with Gasteiger partial charge in [0.15, 0.2) is 5.82 Å². The SMILES string of the molecule is CCCCn1nnnc1CN1CCCC(C)C1CN. The third-order valence-electron chi connectivity index (χ3n) is 4.15. The minimum Gasteiger partial charge on any atom is -0.329 e. The van der Waals surface area contributed by atoms with Gasteiger partial charge in [0.25, 0.3) is 0 Å². The summed E-state index contributed by atoms with van der Waals surface area (Å²) in [7, 11) is 0. The van der Waals surface area contributed by atoms with Crippen molar-refractivity contribution in [2.24, 2.45) is 11.7 Å². The molecular formula is C13H26N6. The van der Waals surface area contributed by atoms with Crippen LogP contribution in [-0.2, 0) is 13.1 Å². The van der Waals surface area contributed by atoms with Crippen LogP contribution in [0.1, 0.15) is 45.4 Å². The Labute approximate surface area is 115 Å². The Balaban J connectivity index is 2.01. The van der Waals surface area contributed by atoms with Crippen LogP contribution < -0.4 is 5.73 Å². The van der Waals surface area contributed by atoms with E-state index in [2.05, 4.69) is 34.3 Å². The lowest BCUT2D eigenvalue weighted by Crippen LogP contribution is -2.48. The third-order valence-corrected chi connectivity index (χ3v) is 4.15. The number of rotatable bonds is 6. The van der Waals surface area contributed by atoms with E-state index in [-0.39, 0.29) is 0 Å². The third kappa shape index (κ3) is 3.51. The van der Waals surface area contributed by atoms with E-state index in [1.807, 2.05) is 4.68 Å². The summed E-state index contributed by atoms with van der Waals surface area (Å²) in [5, 5.41) is 12.1. The number of aromatic nitrogens is 4. The van der Waals surface area contributed by atoms with Crippen LogP contribution >= 0.6 is 0 Å². The van der Waals surface area contributed by atoms with E-state index in [4.69, 9.17) is 5.73 Å². The number of likely N-dealkylation sites (tertiary alicyclic amines) is 1. The first kappa shape index (κ1) is 14.4. The number of tetrazole rings is 1. The zero-order valence-electron chi connectivity index (χ0n) is 12.1. The molecule has 0 saturated carbocycles. The van der Waals surface area contributed by atoms with Crippen LogP contribution in [0.3, 0.4) is 0 Å². The second kappa shape index (κ2) is 6.96. The van der Waals surface area contributed by atoms with Gasteiger partial charge in [-0.05, 0) is 42.2 Å². The summed E-state index contributed by atoms with van der Waals surface area (Å²) in [4.78, 5) is 2.45. The number of unbranched alkanes of at least 4 members (excludes halogenated alkanes) is 1. The van der Waals surface area contributed by atoms with Gasteiger partial charge in [-0.3, -0.25) is 4.90 Å². The summed E-state index contributed by atoms with van der Waals surface area (Å²) in [6.45, 7) is 8.04. The summed E-state index contributed by atoms with van der Waals surface area (Å²) in [6, 6.07) is 0.463. The van der Waals surface area contributed by atoms with Crippen molar-refractivity contribution in [3.8, 4) is 0 Å². The normalized spacial score (nSPS) is 24.8. The minimum atomic E-state index is 0.463. The lowest BCUT2D eigenvalue weighted by atomic mass is 9.91. The van der Waals surface area contributed by atoms with Crippen molar-refractivity contribution in [1.29, 1.82) is 0 Å². The molecule has 1 aromatic rings. The zero-order chi connectivity index (χ0) is 13.7. The van der Waals surface area contributed by atoms with Crippen LogP contribution in [-0.4, -0.2) is 44.2 Å². The molecule has 0 aliphatic carbocycles. The van der Waals surface area contributed by atoms with Crippen LogP contribution in [0.2, 0.25) is 0 Å². The molecule has 0 aromatic carbocycles. The predicted octanol–water partition coefficient (Wildman–Crippen LogP) is 1.03. The van der Waals surface area contributed by atoms with E-state index in [0.717, 1.165) is 44.8 Å². The number of piperidine rings is 1. The molecule has 108 valence electrons. The maximum Gasteiger partial charge on any atom is 0.165 e. The second-order valence-corrected chi connectivity index (χ2v) is 5.56. The maximum atomic E-state index is 5.93. The average Bonchev–Trinajstić information content (AvgIpc) is 2.84. The monoisotopic (exact) mass is 266 g/mol. The summed E-state index contributed by atoms with van der Waals surface area (Å²) >= 11 is 0. The topological polar surface area (TPSA) is 72.9 Å². The van der Waals surface area contributed by atoms with Gasteiger partial charge in [-0.2, -0.15) is 0 Å². The molecule has 1 aliphatic rings. The molecule has 0 spiro atoms. The lowest BCUT2D eigenvalue weighted by molar-refractivity contribution is 0.0946. The molecule has 0 bridgehead atoms. The first-order valence-electron chi connectivity index (χ1n) is 7.45. The number of hydrogen-bond donors (Lipinski definition) is 1. The van der Waals surface area contributed by atoms with Gasteiger partial charge >= 0.3 is 0 Å². The number of aryl methyl sites for hydroxylation is 1. The Morgan fingerprint density at radius 2 is 2.26 bits per heavy atom. The smallest absolute Gasteiger partial charge is 0.165 e.